The van der Waals surface area contributed by atoms with E-state index >= 15 is 0 Å². The van der Waals surface area contributed by atoms with Crippen LogP contribution in [0, 0.1) is 6.92 Å². The Labute approximate surface area is 168 Å². The molecule has 7 heteroatoms. The third-order valence-corrected chi connectivity index (χ3v) is 6.33. The number of carbonyl (C=O) groups is 1. The molecule has 0 saturated carbocycles. The third kappa shape index (κ3) is 3.52. The summed E-state index contributed by atoms with van der Waals surface area (Å²) in [5.41, 5.74) is 3.82. The lowest BCUT2D eigenvalue weighted by molar-refractivity contribution is -0.114. The van der Waals surface area contributed by atoms with Gasteiger partial charge in [-0.1, -0.05) is 29.8 Å². The van der Waals surface area contributed by atoms with E-state index in [0.29, 0.717) is 11.3 Å². The number of benzene rings is 2. The van der Waals surface area contributed by atoms with Gasteiger partial charge in [-0.15, -0.1) is 0 Å². The summed E-state index contributed by atoms with van der Waals surface area (Å²) in [6, 6.07) is 17.7. The zero-order valence-corrected chi connectivity index (χ0v) is 16.8. The van der Waals surface area contributed by atoms with E-state index in [4.69, 9.17) is 0 Å². The van der Waals surface area contributed by atoms with Crippen LogP contribution in [0.5, 0.6) is 0 Å². The number of hydrogen-bond acceptors (Lipinski definition) is 4. The van der Waals surface area contributed by atoms with Crippen LogP contribution in [0.4, 0.5) is 5.69 Å². The topological polar surface area (TPSA) is 81.1 Å². The van der Waals surface area contributed by atoms with Crippen molar-refractivity contribution >= 4 is 32.7 Å². The van der Waals surface area contributed by atoms with Crippen molar-refractivity contribution in [2.45, 2.75) is 18.7 Å². The molecule has 0 spiro atoms. The van der Waals surface area contributed by atoms with Gasteiger partial charge in [-0.2, -0.15) is 0 Å². The van der Waals surface area contributed by atoms with Gasteiger partial charge in [-0.25, -0.2) is 17.4 Å². The number of fused-ring (bicyclic) bond motifs is 1. The van der Waals surface area contributed by atoms with Crippen molar-refractivity contribution in [3.05, 3.63) is 78.6 Å². The summed E-state index contributed by atoms with van der Waals surface area (Å²) >= 11 is 0. The summed E-state index contributed by atoms with van der Waals surface area (Å²) in [5.74, 6) is -0.137. The van der Waals surface area contributed by atoms with E-state index in [1.807, 2.05) is 37.3 Å². The van der Waals surface area contributed by atoms with Gasteiger partial charge in [0, 0.05) is 30.4 Å². The van der Waals surface area contributed by atoms with Crippen molar-refractivity contribution < 1.29 is 13.2 Å². The minimum atomic E-state index is -3.75. The monoisotopic (exact) mass is 405 g/mol. The van der Waals surface area contributed by atoms with E-state index in [-0.39, 0.29) is 10.8 Å². The van der Waals surface area contributed by atoms with Gasteiger partial charge in [-0.3, -0.25) is 4.79 Å². The SMILES string of the molecule is CC(=O)Nc1ccc(-c2ccnc3c2ccn3S(=O)(=O)c2ccc(C)cc2)cc1. The molecule has 0 aliphatic carbocycles. The maximum atomic E-state index is 13.1. The average Bonchev–Trinajstić information content (AvgIpc) is 3.14. The lowest BCUT2D eigenvalue weighted by Gasteiger charge is -2.09. The highest BCUT2D eigenvalue weighted by atomic mass is 32.2. The van der Waals surface area contributed by atoms with Gasteiger partial charge in [0.25, 0.3) is 10.0 Å². The normalized spacial score (nSPS) is 11.5. The summed E-state index contributed by atoms with van der Waals surface area (Å²) in [6.07, 6.45) is 3.13. The first-order chi connectivity index (χ1) is 13.9. The molecular formula is C22H19N3O3S. The van der Waals surface area contributed by atoms with Crippen LogP contribution >= 0.6 is 0 Å². The Hall–Kier alpha value is -3.45. The Morgan fingerprint density at radius 3 is 2.31 bits per heavy atom. The molecule has 1 amide bonds. The fourth-order valence-corrected chi connectivity index (χ4v) is 4.52. The van der Waals surface area contributed by atoms with Gasteiger partial charge in [0.1, 0.15) is 0 Å². The molecule has 0 unspecified atom stereocenters. The quantitative estimate of drug-likeness (QED) is 0.552. The molecule has 2 aromatic carbocycles. The third-order valence-electron chi connectivity index (χ3n) is 4.65. The van der Waals surface area contributed by atoms with Crippen molar-refractivity contribution in [1.29, 1.82) is 0 Å². The van der Waals surface area contributed by atoms with Crippen molar-refractivity contribution in [2.24, 2.45) is 0 Å². The molecule has 0 atom stereocenters. The molecule has 0 aliphatic rings. The number of aryl methyl sites for hydroxylation is 1. The number of rotatable bonds is 4. The summed E-state index contributed by atoms with van der Waals surface area (Å²) < 4.78 is 27.4. The fraction of sp³-hybridized carbons (Fsp3) is 0.0909. The van der Waals surface area contributed by atoms with Crippen molar-refractivity contribution in [2.75, 3.05) is 5.32 Å². The van der Waals surface area contributed by atoms with E-state index in [2.05, 4.69) is 10.3 Å². The van der Waals surface area contributed by atoms with Gasteiger partial charge < -0.3 is 5.32 Å². The number of nitrogens with one attached hydrogen (secondary N) is 1. The molecule has 146 valence electrons. The Kier molecular flexibility index (Phi) is 4.68. The van der Waals surface area contributed by atoms with Crippen LogP contribution < -0.4 is 5.32 Å². The number of nitrogens with zero attached hydrogens (tertiary/aromatic N) is 2. The van der Waals surface area contributed by atoms with Gasteiger partial charge in [0.2, 0.25) is 5.91 Å². The predicted molar refractivity (Wildman–Crippen MR) is 113 cm³/mol. The second-order valence-electron chi connectivity index (χ2n) is 6.78. The zero-order valence-electron chi connectivity index (χ0n) is 16.0. The highest BCUT2D eigenvalue weighted by Crippen LogP contribution is 2.30. The summed E-state index contributed by atoms with van der Waals surface area (Å²) in [5, 5.41) is 3.46. The number of hydrogen-bond donors (Lipinski definition) is 1. The standard InChI is InChI=1S/C22H19N3O3S/c1-15-3-9-19(10-4-15)29(27,28)25-14-12-21-20(11-13-23-22(21)25)17-5-7-18(8-6-17)24-16(2)26/h3-14H,1-2H3,(H,24,26). The van der Waals surface area contributed by atoms with E-state index in [0.717, 1.165) is 22.1 Å². The maximum absolute atomic E-state index is 13.1. The molecule has 1 N–H and O–H groups in total. The average molecular weight is 405 g/mol. The minimum Gasteiger partial charge on any atom is -0.326 e. The predicted octanol–water partition coefficient (Wildman–Crippen LogP) is 4.21. The zero-order chi connectivity index (χ0) is 20.6. The van der Waals surface area contributed by atoms with E-state index in [1.165, 1.54) is 17.1 Å². The van der Waals surface area contributed by atoms with Crippen molar-refractivity contribution in [3.8, 4) is 11.1 Å². The van der Waals surface area contributed by atoms with Gasteiger partial charge in [0.05, 0.1) is 4.90 Å². The van der Waals surface area contributed by atoms with Gasteiger partial charge >= 0.3 is 0 Å². The highest BCUT2D eigenvalue weighted by molar-refractivity contribution is 7.90. The van der Waals surface area contributed by atoms with Crippen LogP contribution in [-0.4, -0.2) is 23.3 Å². The number of pyridine rings is 1. The molecule has 29 heavy (non-hydrogen) atoms. The molecule has 0 radical (unpaired) electrons. The lowest BCUT2D eigenvalue weighted by Crippen LogP contribution is -2.12. The summed E-state index contributed by atoms with van der Waals surface area (Å²) in [7, 11) is -3.75. The van der Waals surface area contributed by atoms with Crippen LogP contribution in [0.1, 0.15) is 12.5 Å². The molecule has 0 aliphatic heterocycles. The largest absolute Gasteiger partial charge is 0.326 e. The van der Waals surface area contributed by atoms with Crippen molar-refractivity contribution in [3.63, 3.8) is 0 Å². The first-order valence-electron chi connectivity index (χ1n) is 9.02. The molecular weight excluding hydrogens is 386 g/mol. The molecule has 2 heterocycles. The van der Waals surface area contributed by atoms with E-state index in [9.17, 15) is 13.2 Å². The second kappa shape index (κ2) is 7.18. The number of carbonyl (C=O) groups excluding carboxylic acids is 1. The van der Waals surface area contributed by atoms with Crippen LogP contribution in [0.15, 0.2) is 78.0 Å². The van der Waals surface area contributed by atoms with Gasteiger partial charge in [-0.05, 0) is 54.4 Å². The van der Waals surface area contributed by atoms with E-state index in [1.54, 1.807) is 36.5 Å². The molecule has 6 nitrogen and oxygen atoms in total. The van der Waals surface area contributed by atoms with Crippen LogP contribution in [0.2, 0.25) is 0 Å². The summed E-state index contributed by atoms with van der Waals surface area (Å²) in [4.78, 5) is 15.7. The van der Waals surface area contributed by atoms with Crippen LogP contribution in [0.3, 0.4) is 0 Å². The van der Waals surface area contributed by atoms with Crippen molar-refractivity contribution in [1.82, 2.24) is 8.96 Å². The van der Waals surface area contributed by atoms with Crippen LogP contribution in [-0.2, 0) is 14.8 Å². The van der Waals surface area contributed by atoms with E-state index < -0.39 is 10.0 Å². The molecule has 4 aromatic rings. The first-order valence-corrected chi connectivity index (χ1v) is 10.5. The Bertz CT molecular complexity index is 1310. The molecule has 0 bridgehead atoms. The number of amides is 1. The Morgan fingerprint density at radius 1 is 0.966 bits per heavy atom. The Morgan fingerprint density at radius 2 is 1.66 bits per heavy atom. The molecule has 4 rings (SSSR count). The second-order valence-corrected chi connectivity index (χ2v) is 8.60. The number of anilines is 1. The fourth-order valence-electron chi connectivity index (χ4n) is 3.22. The lowest BCUT2D eigenvalue weighted by atomic mass is 10.0. The number of aromatic nitrogens is 2. The smallest absolute Gasteiger partial charge is 0.269 e. The molecule has 0 saturated heterocycles. The maximum Gasteiger partial charge on any atom is 0.269 e. The Balaban J connectivity index is 1.79. The molecule has 2 aromatic heterocycles. The van der Waals surface area contributed by atoms with Gasteiger partial charge in [0.15, 0.2) is 5.65 Å². The van der Waals surface area contributed by atoms with Crippen LogP contribution in [0.25, 0.3) is 22.2 Å². The molecule has 0 fully saturated rings. The summed E-state index contributed by atoms with van der Waals surface area (Å²) in [6.45, 7) is 3.37. The first kappa shape index (κ1) is 18.9. The highest BCUT2D eigenvalue weighted by Gasteiger charge is 2.20. The minimum absolute atomic E-state index is 0.137.